The summed E-state index contributed by atoms with van der Waals surface area (Å²) in [7, 11) is 0. The number of hydrogen-bond acceptors (Lipinski definition) is 2. The number of thiophene rings is 2. The van der Waals surface area contributed by atoms with E-state index >= 15 is 0 Å². The first-order valence-electron chi connectivity index (χ1n) is 11.8. The third kappa shape index (κ3) is 2.80. The van der Waals surface area contributed by atoms with Gasteiger partial charge in [0.15, 0.2) is 0 Å². The average Bonchev–Trinajstić information content (AvgIpc) is 3.61. The number of nitrogens with zero attached hydrogens (tertiary/aromatic N) is 1. The number of fused-ring (bicyclic) bond motifs is 7. The zero-order valence-electron chi connectivity index (χ0n) is 18.7. The highest BCUT2D eigenvalue weighted by molar-refractivity contribution is 7.26. The van der Waals surface area contributed by atoms with Gasteiger partial charge in [0, 0.05) is 41.3 Å². The van der Waals surface area contributed by atoms with Crippen molar-refractivity contribution in [3.8, 4) is 16.8 Å². The lowest BCUT2D eigenvalue weighted by Gasteiger charge is -2.10. The molecule has 3 heterocycles. The van der Waals surface area contributed by atoms with Crippen LogP contribution in [0.25, 0.3) is 68.9 Å². The molecule has 0 fully saturated rings. The Bertz CT molecular complexity index is 2050. The smallest absolute Gasteiger partial charge is 0.0548 e. The van der Waals surface area contributed by atoms with Crippen molar-refractivity contribution in [3.05, 3.63) is 115 Å². The van der Waals surface area contributed by atoms with Gasteiger partial charge >= 0.3 is 0 Å². The van der Waals surface area contributed by atoms with E-state index < -0.39 is 0 Å². The highest BCUT2D eigenvalue weighted by Crippen LogP contribution is 2.41. The zero-order chi connectivity index (χ0) is 22.9. The predicted molar refractivity (Wildman–Crippen MR) is 154 cm³/mol. The third-order valence-corrected chi connectivity index (χ3v) is 9.19. The Balaban J connectivity index is 1.34. The molecule has 0 radical (unpaired) electrons. The molecule has 0 aliphatic rings. The van der Waals surface area contributed by atoms with Crippen LogP contribution in [0, 0.1) is 0 Å². The maximum absolute atomic E-state index is 2.41. The Morgan fingerprint density at radius 1 is 0.543 bits per heavy atom. The molecule has 8 rings (SSSR count). The number of para-hydroxylation sites is 1. The summed E-state index contributed by atoms with van der Waals surface area (Å²) in [5, 5.41) is 8.79. The van der Waals surface area contributed by atoms with Crippen LogP contribution in [0.5, 0.6) is 0 Å². The summed E-state index contributed by atoms with van der Waals surface area (Å²) in [5.41, 5.74) is 6.26. The Hall–Kier alpha value is -3.92. The molecule has 3 aromatic heterocycles. The van der Waals surface area contributed by atoms with Crippen LogP contribution in [0.3, 0.4) is 0 Å². The van der Waals surface area contributed by atoms with Crippen molar-refractivity contribution in [2.45, 2.75) is 0 Å². The van der Waals surface area contributed by atoms with Crippen molar-refractivity contribution in [1.82, 2.24) is 4.57 Å². The monoisotopic (exact) mass is 481 g/mol. The van der Waals surface area contributed by atoms with Crippen molar-refractivity contribution in [1.29, 1.82) is 0 Å². The van der Waals surface area contributed by atoms with Crippen molar-refractivity contribution >= 4 is 74.7 Å². The fourth-order valence-corrected chi connectivity index (χ4v) is 7.52. The second-order valence-corrected chi connectivity index (χ2v) is 11.0. The van der Waals surface area contributed by atoms with Crippen LogP contribution in [-0.2, 0) is 0 Å². The number of aromatic nitrogens is 1. The van der Waals surface area contributed by atoms with Crippen LogP contribution in [-0.4, -0.2) is 4.57 Å². The molecule has 0 amide bonds. The van der Waals surface area contributed by atoms with Crippen molar-refractivity contribution in [3.63, 3.8) is 0 Å². The third-order valence-electron chi connectivity index (χ3n) is 7.09. The zero-order valence-corrected chi connectivity index (χ0v) is 20.4. The minimum absolute atomic E-state index is 1.19. The van der Waals surface area contributed by atoms with E-state index in [2.05, 4.69) is 119 Å². The Labute approximate surface area is 210 Å². The quantitative estimate of drug-likeness (QED) is 0.231. The van der Waals surface area contributed by atoms with E-state index in [1.54, 1.807) is 0 Å². The maximum Gasteiger partial charge on any atom is 0.0548 e. The first-order valence-corrected chi connectivity index (χ1v) is 13.5. The summed E-state index contributed by atoms with van der Waals surface area (Å²) >= 11 is 3.70. The molecule has 0 saturated heterocycles. The molecular weight excluding hydrogens is 462 g/mol. The van der Waals surface area contributed by atoms with E-state index in [-0.39, 0.29) is 0 Å². The van der Waals surface area contributed by atoms with Gasteiger partial charge in [0.25, 0.3) is 0 Å². The fraction of sp³-hybridized carbons (Fsp3) is 0. The van der Waals surface area contributed by atoms with Gasteiger partial charge in [-0.15, -0.1) is 22.7 Å². The summed E-state index contributed by atoms with van der Waals surface area (Å²) in [6.45, 7) is 0. The lowest BCUT2D eigenvalue weighted by molar-refractivity contribution is 1.18. The van der Waals surface area contributed by atoms with Gasteiger partial charge in [-0.25, -0.2) is 0 Å². The first-order chi connectivity index (χ1) is 17.3. The Morgan fingerprint density at radius 3 is 2.26 bits per heavy atom. The van der Waals surface area contributed by atoms with Gasteiger partial charge in [0.2, 0.25) is 0 Å². The number of rotatable bonds is 2. The van der Waals surface area contributed by atoms with Gasteiger partial charge in [-0.1, -0.05) is 66.7 Å². The average molecular weight is 482 g/mol. The molecule has 0 unspecified atom stereocenters. The van der Waals surface area contributed by atoms with E-state index in [9.17, 15) is 0 Å². The highest BCUT2D eigenvalue weighted by Gasteiger charge is 2.14. The molecule has 164 valence electrons. The maximum atomic E-state index is 2.41. The highest BCUT2D eigenvalue weighted by atomic mass is 32.1. The molecular formula is C32H19NS2. The van der Waals surface area contributed by atoms with Gasteiger partial charge in [0.05, 0.1) is 11.0 Å². The van der Waals surface area contributed by atoms with E-state index in [4.69, 9.17) is 0 Å². The Morgan fingerprint density at radius 2 is 1.34 bits per heavy atom. The van der Waals surface area contributed by atoms with E-state index in [1.165, 1.54) is 68.9 Å². The largest absolute Gasteiger partial charge is 0.309 e. The summed E-state index contributed by atoms with van der Waals surface area (Å²) in [4.78, 5) is 0. The summed E-state index contributed by atoms with van der Waals surface area (Å²) in [6.07, 6.45) is 0. The van der Waals surface area contributed by atoms with Gasteiger partial charge in [-0.05, 0) is 64.4 Å². The van der Waals surface area contributed by atoms with Crippen LogP contribution in [0.4, 0.5) is 0 Å². The fourth-order valence-electron chi connectivity index (χ4n) is 5.47. The second-order valence-electron chi connectivity index (χ2n) is 9.01. The molecule has 0 aliphatic carbocycles. The summed E-state index contributed by atoms with van der Waals surface area (Å²) < 4.78 is 6.45. The van der Waals surface area contributed by atoms with E-state index in [0.717, 1.165) is 0 Å². The predicted octanol–water partition coefficient (Wildman–Crippen LogP) is 10.0. The molecule has 5 aromatic carbocycles. The van der Waals surface area contributed by atoms with Crippen LogP contribution in [0.15, 0.2) is 115 Å². The van der Waals surface area contributed by atoms with Crippen molar-refractivity contribution < 1.29 is 0 Å². The van der Waals surface area contributed by atoms with Crippen molar-refractivity contribution in [2.75, 3.05) is 0 Å². The molecule has 0 spiro atoms. The SMILES string of the molecule is c1ccc2c(c1)sc1c(-c3ccc(-n4c5ccccc5c5cc6sccc6cc54)cc3)cccc12. The molecule has 3 heteroatoms. The van der Waals surface area contributed by atoms with Crippen LogP contribution in [0.1, 0.15) is 0 Å². The number of hydrogen-bond donors (Lipinski definition) is 0. The lowest BCUT2D eigenvalue weighted by atomic mass is 10.0. The molecule has 0 saturated carbocycles. The molecule has 0 N–H and O–H groups in total. The van der Waals surface area contributed by atoms with Gasteiger partial charge < -0.3 is 4.57 Å². The second kappa shape index (κ2) is 7.29. The molecule has 0 bridgehead atoms. The van der Waals surface area contributed by atoms with Crippen LogP contribution >= 0.6 is 22.7 Å². The van der Waals surface area contributed by atoms with E-state index in [0.29, 0.717) is 0 Å². The summed E-state index contributed by atoms with van der Waals surface area (Å²) in [6, 6.07) is 40.1. The van der Waals surface area contributed by atoms with E-state index in [1.807, 2.05) is 22.7 Å². The summed E-state index contributed by atoms with van der Waals surface area (Å²) in [5.74, 6) is 0. The van der Waals surface area contributed by atoms with Crippen LogP contribution < -0.4 is 0 Å². The Kier molecular flexibility index (Phi) is 4.04. The van der Waals surface area contributed by atoms with Crippen molar-refractivity contribution in [2.24, 2.45) is 0 Å². The lowest BCUT2D eigenvalue weighted by Crippen LogP contribution is -1.93. The number of benzene rings is 5. The topological polar surface area (TPSA) is 4.93 Å². The molecule has 8 aromatic rings. The molecule has 35 heavy (non-hydrogen) atoms. The normalized spacial score (nSPS) is 12.0. The first kappa shape index (κ1) is 19.4. The van der Waals surface area contributed by atoms with Gasteiger partial charge in [-0.3, -0.25) is 0 Å². The van der Waals surface area contributed by atoms with Gasteiger partial charge in [0.1, 0.15) is 0 Å². The standard InChI is InChI=1S/C32H19NS2/c1-3-10-28-24(6-1)27-19-31-21(16-17-34-31)18-29(27)33(28)22-14-12-20(13-15-22)23-8-5-9-26-25-7-2-4-11-30(25)35-32(23)26/h1-19H. The van der Waals surface area contributed by atoms with Gasteiger partial charge in [-0.2, -0.15) is 0 Å². The minimum atomic E-state index is 1.19. The molecule has 1 nitrogen and oxygen atoms in total. The van der Waals surface area contributed by atoms with Crippen LogP contribution in [0.2, 0.25) is 0 Å². The molecule has 0 atom stereocenters. The molecule has 0 aliphatic heterocycles. The minimum Gasteiger partial charge on any atom is -0.309 e.